The van der Waals surface area contributed by atoms with Gasteiger partial charge in [-0.15, -0.1) is 11.3 Å². The first-order valence-corrected chi connectivity index (χ1v) is 7.14. The number of hydrogen-bond donors (Lipinski definition) is 0. The van der Waals surface area contributed by atoms with Crippen molar-refractivity contribution in [1.29, 1.82) is 0 Å². The summed E-state index contributed by atoms with van der Waals surface area (Å²) in [7, 11) is 4.66. The summed E-state index contributed by atoms with van der Waals surface area (Å²) in [6, 6.07) is 7.24. The van der Waals surface area contributed by atoms with E-state index >= 15 is 0 Å². The van der Waals surface area contributed by atoms with E-state index in [0.29, 0.717) is 22.1 Å². The van der Waals surface area contributed by atoms with Gasteiger partial charge in [0.1, 0.15) is 0 Å². The smallest absolute Gasteiger partial charge is 0.203 e. The standard InChI is InChI=1S/C16H16O4S/c1-18-13-9-7-11(15(19-2)16(13)20-3)6-8-12(17)14-5-4-10-21-14/h4-10H,1-3H3/b8-6+. The van der Waals surface area contributed by atoms with Gasteiger partial charge in [-0.05, 0) is 35.7 Å². The van der Waals surface area contributed by atoms with Crippen LogP contribution < -0.4 is 14.2 Å². The fourth-order valence-corrected chi connectivity index (χ4v) is 2.57. The zero-order chi connectivity index (χ0) is 15.2. The lowest BCUT2D eigenvalue weighted by molar-refractivity contribution is 0.105. The Hall–Kier alpha value is -2.27. The van der Waals surface area contributed by atoms with Crippen LogP contribution in [0.4, 0.5) is 0 Å². The molecule has 0 amide bonds. The van der Waals surface area contributed by atoms with Crippen molar-refractivity contribution in [3.63, 3.8) is 0 Å². The average molecular weight is 304 g/mol. The van der Waals surface area contributed by atoms with Crippen LogP contribution in [0.3, 0.4) is 0 Å². The number of allylic oxidation sites excluding steroid dienone is 1. The van der Waals surface area contributed by atoms with Crippen LogP contribution >= 0.6 is 11.3 Å². The molecule has 5 heteroatoms. The van der Waals surface area contributed by atoms with E-state index < -0.39 is 0 Å². The van der Waals surface area contributed by atoms with Crippen molar-refractivity contribution in [2.75, 3.05) is 21.3 Å². The molecule has 110 valence electrons. The maximum atomic E-state index is 12.0. The molecule has 1 heterocycles. The van der Waals surface area contributed by atoms with Gasteiger partial charge in [-0.3, -0.25) is 4.79 Å². The van der Waals surface area contributed by atoms with Gasteiger partial charge in [0.05, 0.1) is 26.2 Å². The molecule has 0 atom stereocenters. The van der Waals surface area contributed by atoms with Gasteiger partial charge in [0.15, 0.2) is 17.3 Å². The van der Waals surface area contributed by atoms with Gasteiger partial charge in [0.2, 0.25) is 5.75 Å². The lowest BCUT2D eigenvalue weighted by Gasteiger charge is -2.13. The highest BCUT2D eigenvalue weighted by atomic mass is 32.1. The molecule has 21 heavy (non-hydrogen) atoms. The van der Waals surface area contributed by atoms with E-state index in [-0.39, 0.29) is 5.78 Å². The van der Waals surface area contributed by atoms with E-state index in [4.69, 9.17) is 14.2 Å². The minimum Gasteiger partial charge on any atom is -0.493 e. The second-order valence-electron chi connectivity index (χ2n) is 4.10. The van der Waals surface area contributed by atoms with Crippen LogP contribution in [0.15, 0.2) is 35.7 Å². The molecule has 0 bridgehead atoms. The molecule has 2 rings (SSSR count). The van der Waals surface area contributed by atoms with Crippen molar-refractivity contribution in [2.45, 2.75) is 0 Å². The highest BCUT2D eigenvalue weighted by molar-refractivity contribution is 7.12. The third-order valence-electron chi connectivity index (χ3n) is 2.91. The van der Waals surface area contributed by atoms with Crippen LogP contribution in [0.5, 0.6) is 17.2 Å². The number of carbonyl (C=O) groups excluding carboxylic acids is 1. The van der Waals surface area contributed by atoms with Crippen LogP contribution in [0.1, 0.15) is 15.2 Å². The quantitative estimate of drug-likeness (QED) is 0.603. The molecular weight excluding hydrogens is 288 g/mol. The molecule has 0 N–H and O–H groups in total. The molecule has 4 nitrogen and oxygen atoms in total. The predicted octanol–water partition coefficient (Wildman–Crippen LogP) is 3.67. The molecule has 1 aromatic heterocycles. The topological polar surface area (TPSA) is 44.8 Å². The molecular formula is C16H16O4S. The minimum atomic E-state index is -0.0400. The highest BCUT2D eigenvalue weighted by Gasteiger charge is 2.14. The monoisotopic (exact) mass is 304 g/mol. The zero-order valence-electron chi connectivity index (χ0n) is 12.1. The number of carbonyl (C=O) groups is 1. The van der Waals surface area contributed by atoms with Crippen molar-refractivity contribution in [1.82, 2.24) is 0 Å². The Morgan fingerprint density at radius 3 is 2.38 bits per heavy atom. The van der Waals surface area contributed by atoms with Gasteiger partial charge in [0, 0.05) is 5.56 Å². The molecule has 0 fully saturated rings. The van der Waals surface area contributed by atoms with Crippen molar-refractivity contribution < 1.29 is 19.0 Å². The van der Waals surface area contributed by atoms with E-state index in [2.05, 4.69) is 0 Å². The zero-order valence-corrected chi connectivity index (χ0v) is 12.9. The lowest BCUT2D eigenvalue weighted by Crippen LogP contribution is -1.97. The Kier molecular flexibility index (Phi) is 5.00. The predicted molar refractivity (Wildman–Crippen MR) is 83.8 cm³/mol. The van der Waals surface area contributed by atoms with Gasteiger partial charge in [-0.1, -0.05) is 6.07 Å². The molecule has 0 saturated heterocycles. The van der Waals surface area contributed by atoms with Crippen LogP contribution in [-0.4, -0.2) is 27.1 Å². The van der Waals surface area contributed by atoms with Crippen molar-refractivity contribution >= 4 is 23.2 Å². The number of rotatable bonds is 6. The summed E-state index contributed by atoms with van der Waals surface area (Å²) in [4.78, 5) is 12.7. The summed E-state index contributed by atoms with van der Waals surface area (Å²) >= 11 is 1.41. The summed E-state index contributed by atoms with van der Waals surface area (Å²) in [5.74, 6) is 1.58. The van der Waals surface area contributed by atoms with Gasteiger partial charge >= 0.3 is 0 Å². The van der Waals surface area contributed by atoms with Gasteiger partial charge in [-0.25, -0.2) is 0 Å². The first-order valence-electron chi connectivity index (χ1n) is 6.26. The van der Waals surface area contributed by atoms with Crippen LogP contribution in [0.25, 0.3) is 6.08 Å². The number of ketones is 1. The van der Waals surface area contributed by atoms with Gasteiger partial charge < -0.3 is 14.2 Å². The van der Waals surface area contributed by atoms with E-state index in [0.717, 1.165) is 5.56 Å². The molecule has 0 saturated carbocycles. The summed E-state index contributed by atoms with van der Waals surface area (Å²) in [5, 5.41) is 1.87. The molecule has 0 radical (unpaired) electrons. The van der Waals surface area contributed by atoms with Gasteiger partial charge in [-0.2, -0.15) is 0 Å². The number of hydrogen-bond acceptors (Lipinski definition) is 5. The highest BCUT2D eigenvalue weighted by Crippen LogP contribution is 2.40. The summed E-state index contributed by atoms with van der Waals surface area (Å²) in [6.07, 6.45) is 3.23. The average Bonchev–Trinajstić information content (AvgIpc) is 3.05. The second-order valence-corrected chi connectivity index (χ2v) is 5.05. The Labute approximate surface area is 127 Å². The maximum absolute atomic E-state index is 12.0. The Balaban J connectivity index is 2.34. The van der Waals surface area contributed by atoms with E-state index in [9.17, 15) is 4.79 Å². The second kappa shape index (κ2) is 6.95. The maximum Gasteiger partial charge on any atom is 0.203 e. The van der Waals surface area contributed by atoms with E-state index in [1.165, 1.54) is 17.4 Å². The van der Waals surface area contributed by atoms with Crippen molar-refractivity contribution in [3.05, 3.63) is 46.2 Å². The molecule has 0 aliphatic carbocycles. The number of methoxy groups -OCH3 is 3. The van der Waals surface area contributed by atoms with Crippen LogP contribution in [-0.2, 0) is 0 Å². The Bertz CT molecular complexity index is 645. The van der Waals surface area contributed by atoms with Crippen molar-refractivity contribution in [3.8, 4) is 17.2 Å². The van der Waals surface area contributed by atoms with Crippen LogP contribution in [0, 0.1) is 0 Å². The Morgan fingerprint density at radius 2 is 1.81 bits per heavy atom. The molecule has 0 aliphatic heterocycles. The summed E-state index contributed by atoms with van der Waals surface area (Å²) in [6.45, 7) is 0. The first-order chi connectivity index (χ1) is 10.2. The first kappa shape index (κ1) is 15.1. The number of benzene rings is 1. The summed E-state index contributed by atoms with van der Waals surface area (Å²) < 4.78 is 15.9. The SMILES string of the molecule is COc1ccc(/C=C/C(=O)c2cccs2)c(OC)c1OC. The normalized spacial score (nSPS) is 10.6. The largest absolute Gasteiger partial charge is 0.493 e. The molecule has 0 unspecified atom stereocenters. The molecule has 0 spiro atoms. The lowest BCUT2D eigenvalue weighted by atomic mass is 10.1. The Morgan fingerprint density at radius 1 is 1.05 bits per heavy atom. The fourth-order valence-electron chi connectivity index (χ4n) is 1.92. The van der Waals surface area contributed by atoms with Crippen LogP contribution in [0.2, 0.25) is 0 Å². The van der Waals surface area contributed by atoms with E-state index in [1.807, 2.05) is 17.5 Å². The minimum absolute atomic E-state index is 0.0400. The fraction of sp³-hybridized carbons (Fsp3) is 0.188. The molecule has 0 aliphatic rings. The third kappa shape index (κ3) is 3.25. The molecule has 2 aromatic rings. The molecule has 1 aromatic carbocycles. The third-order valence-corrected chi connectivity index (χ3v) is 3.80. The summed E-state index contributed by atoms with van der Waals surface area (Å²) in [5.41, 5.74) is 0.750. The van der Waals surface area contributed by atoms with Gasteiger partial charge in [0.25, 0.3) is 0 Å². The number of ether oxygens (including phenoxy) is 3. The van der Waals surface area contributed by atoms with E-state index in [1.54, 1.807) is 39.5 Å². The number of thiophene rings is 1. The van der Waals surface area contributed by atoms with Crippen molar-refractivity contribution in [2.24, 2.45) is 0 Å².